The quantitative estimate of drug-likeness (QED) is 0.283. The standard InChI is InChI=1S/Fe.Mg.H3O4P.H/c;;1-5(2,3)4;/h;;(H3,1,2,3,4);/q+2;+1;;/p-3. The normalized spacial score (nSPS) is 8.43. The van der Waals surface area contributed by atoms with Crippen LogP contribution >= 0.6 is 7.82 Å². The zero-order valence-electron chi connectivity index (χ0n) is 3.43. The molecule has 0 aromatic rings. The van der Waals surface area contributed by atoms with E-state index < -0.39 is 7.82 Å². The Hall–Kier alpha value is 1.40. The summed E-state index contributed by atoms with van der Waals surface area (Å²) in [4.78, 5) is 25.6. The molecule has 0 bridgehead atoms. The molecule has 7 heteroatoms. The fourth-order valence-corrected chi connectivity index (χ4v) is 0. The topological polar surface area (TPSA) is 86.2 Å². The third kappa shape index (κ3) is 111. The molecule has 0 atom stereocenters. The van der Waals surface area contributed by atoms with Crippen LogP contribution in [0.4, 0.5) is 0 Å². The van der Waals surface area contributed by atoms with Crippen molar-refractivity contribution < 1.29 is 36.3 Å². The maximum atomic E-state index is 8.55. The molecule has 0 aliphatic heterocycles. The van der Waals surface area contributed by atoms with Gasteiger partial charge in [0.05, 0.1) is 0 Å². The van der Waals surface area contributed by atoms with E-state index in [2.05, 4.69) is 0 Å². The van der Waals surface area contributed by atoms with Gasteiger partial charge in [0.15, 0.2) is 0 Å². The molecule has 0 heterocycles. The molecule has 0 aliphatic rings. The van der Waals surface area contributed by atoms with E-state index in [9.17, 15) is 0 Å². The molecule has 7 heavy (non-hydrogen) atoms. The summed E-state index contributed by atoms with van der Waals surface area (Å²) in [5.74, 6) is 0. The summed E-state index contributed by atoms with van der Waals surface area (Å²) in [6.07, 6.45) is 0. The van der Waals surface area contributed by atoms with Crippen molar-refractivity contribution in [1.82, 2.24) is 0 Å². The molecule has 40 valence electrons. The SMILES string of the molecule is O=P([O-])([O-])[O-].[Fe+2].[MgH+]. The van der Waals surface area contributed by atoms with Crippen LogP contribution in [-0.4, -0.2) is 23.1 Å². The molecule has 0 rings (SSSR count). The first-order valence-corrected chi connectivity index (χ1v) is 2.19. The van der Waals surface area contributed by atoms with Gasteiger partial charge in [-0.1, -0.05) is 0 Å². The molecular weight excluding hydrogens is 175 g/mol. The van der Waals surface area contributed by atoms with Gasteiger partial charge in [-0.05, 0) is 0 Å². The third-order valence-electron chi connectivity index (χ3n) is 0. The molecule has 0 aromatic carbocycles. The first-order chi connectivity index (χ1) is 2.00. The predicted octanol–water partition coefficient (Wildman–Crippen LogP) is -3.48. The molecule has 0 saturated heterocycles. The third-order valence-corrected chi connectivity index (χ3v) is 0. The summed E-state index contributed by atoms with van der Waals surface area (Å²) < 4.78 is 8.55. The van der Waals surface area contributed by atoms with E-state index in [4.69, 9.17) is 19.2 Å². The van der Waals surface area contributed by atoms with Gasteiger partial charge >= 0.3 is 40.1 Å². The summed E-state index contributed by atoms with van der Waals surface area (Å²) >= 11 is 0. The Morgan fingerprint density at radius 3 is 1.14 bits per heavy atom. The van der Waals surface area contributed by atoms with Gasteiger partial charge in [-0.3, -0.25) is 0 Å². The van der Waals surface area contributed by atoms with Crippen molar-refractivity contribution in [3.05, 3.63) is 0 Å². The second-order valence-electron chi connectivity index (χ2n) is 0.447. The first-order valence-electron chi connectivity index (χ1n) is 0.730. The average molecular weight is 176 g/mol. The predicted molar refractivity (Wildman–Crippen MR) is 14.8 cm³/mol. The maximum absolute atomic E-state index is 8.55. The zero-order chi connectivity index (χ0) is 4.50. The molecule has 0 aromatic heterocycles. The van der Waals surface area contributed by atoms with Crippen LogP contribution in [0.1, 0.15) is 0 Å². The Labute approximate surface area is 67.2 Å². The Kier molecular flexibility index (Phi) is 12.5. The minimum absolute atomic E-state index is 0. The molecular formula is HFeMgO4P. The van der Waals surface area contributed by atoms with E-state index in [0.29, 0.717) is 0 Å². The molecule has 0 N–H and O–H groups in total. The Bertz CT molecular complexity index is 57.8. The van der Waals surface area contributed by atoms with Crippen molar-refractivity contribution in [2.75, 3.05) is 0 Å². The van der Waals surface area contributed by atoms with Crippen LogP contribution in [0.15, 0.2) is 0 Å². The second-order valence-corrected chi connectivity index (χ2v) is 1.34. The summed E-state index contributed by atoms with van der Waals surface area (Å²) in [5.41, 5.74) is 0. The van der Waals surface area contributed by atoms with Crippen LogP contribution in [-0.2, 0) is 21.6 Å². The van der Waals surface area contributed by atoms with E-state index in [-0.39, 0.29) is 40.1 Å². The van der Waals surface area contributed by atoms with Gasteiger partial charge in [0.2, 0.25) is 0 Å². The van der Waals surface area contributed by atoms with Crippen LogP contribution in [0.3, 0.4) is 0 Å². The summed E-state index contributed by atoms with van der Waals surface area (Å²) in [6.45, 7) is 0. The summed E-state index contributed by atoms with van der Waals surface area (Å²) in [6, 6.07) is 0. The average Bonchev–Trinajstić information content (AvgIpc) is 0.722. The van der Waals surface area contributed by atoms with Crippen molar-refractivity contribution >= 4 is 30.9 Å². The first kappa shape index (κ1) is 15.8. The number of phosphoric acid groups is 1. The fourth-order valence-electron chi connectivity index (χ4n) is 0. The van der Waals surface area contributed by atoms with Gasteiger partial charge in [0, 0.05) is 0 Å². The zero-order valence-corrected chi connectivity index (χ0v) is 7.43. The van der Waals surface area contributed by atoms with E-state index in [1.165, 1.54) is 0 Å². The molecule has 0 spiro atoms. The van der Waals surface area contributed by atoms with E-state index in [1.54, 1.807) is 0 Å². The van der Waals surface area contributed by atoms with Crippen LogP contribution in [0.2, 0.25) is 0 Å². The molecule has 0 aliphatic carbocycles. The number of rotatable bonds is 0. The van der Waals surface area contributed by atoms with E-state index in [1.807, 2.05) is 0 Å². The Balaban J connectivity index is -0.0000000800. The van der Waals surface area contributed by atoms with Crippen LogP contribution in [0.5, 0.6) is 0 Å². The fraction of sp³-hybridized carbons (Fsp3) is 0. The van der Waals surface area contributed by atoms with Gasteiger partial charge in [0.25, 0.3) is 0 Å². The van der Waals surface area contributed by atoms with Gasteiger partial charge in [-0.2, -0.15) is 7.82 Å². The molecule has 0 unspecified atom stereocenters. The Morgan fingerprint density at radius 2 is 1.14 bits per heavy atom. The second kappa shape index (κ2) is 5.53. The van der Waals surface area contributed by atoms with Crippen molar-refractivity contribution in [3.8, 4) is 0 Å². The van der Waals surface area contributed by atoms with Crippen LogP contribution in [0.25, 0.3) is 0 Å². The molecule has 0 fully saturated rings. The monoisotopic (exact) mass is 176 g/mol. The summed E-state index contributed by atoms with van der Waals surface area (Å²) in [7, 11) is -5.39. The van der Waals surface area contributed by atoms with Gasteiger partial charge in [-0.15, -0.1) is 0 Å². The molecule has 0 saturated carbocycles. The van der Waals surface area contributed by atoms with Gasteiger partial charge in [0.1, 0.15) is 0 Å². The van der Waals surface area contributed by atoms with Gasteiger partial charge in [-0.25, -0.2) is 0 Å². The minimum atomic E-state index is -5.39. The molecule has 4 nitrogen and oxygen atoms in total. The molecule has 0 radical (unpaired) electrons. The number of hydrogen-bond acceptors (Lipinski definition) is 4. The van der Waals surface area contributed by atoms with Crippen molar-refractivity contribution in [1.29, 1.82) is 0 Å². The van der Waals surface area contributed by atoms with Crippen molar-refractivity contribution in [3.63, 3.8) is 0 Å². The summed E-state index contributed by atoms with van der Waals surface area (Å²) in [5, 5.41) is 0. The molecule has 0 amide bonds. The number of hydrogen-bond donors (Lipinski definition) is 0. The Morgan fingerprint density at radius 1 is 1.14 bits per heavy atom. The van der Waals surface area contributed by atoms with Crippen LogP contribution < -0.4 is 14.7 Å². The van der Waals surface area contributed by atoms with Crippen molar-refractivity contribution in [2.45, 2.75) is 0 Å². The van der Waals surface area contributed by atoms with Gasteiger partial charge < -0.3 is 19.2 Å². The van der Waals surface area contributed by atoms with E-state index in [0.717, 1.165) is 0 Å². The van der Waals surface area contributed by atoms with E-state index >= 15 is 0 Å². The van der Waals surface area contributed by atoms with Crippen LogP contribution in [0, 0.1) is 0 Å². The van der Waals surface area contributed by atoms with Crippen molar-refractivity contribution in [2.24, 2.45) is 0 Å².